The Morgan fingerprint density at radius 1 is 1.12 bits per heavy atom. The van der Waals surface area contributed by atoms with Crippen molar-refractivity contribution in [3.05, 3.63) is 40.9 Å². The molecule has 1 N–H and O–H groups in total. The van der Waals surface area contributed by atoms with Crippen molar-refractivity contribution in [2.24, 2.45) is 0 Å². The van der Waals surface area contributed by atoms with Gasteiger partial charge in [-0.15, -0.1) is 0 Å². The van der Waals surface area contributed by atoms with E-state index in [4.69, 9.17) is 25.8 Å². The molecule has 1 aliphatic rings. The molecule has 2 aromatic carbocycles. The van der Waals surface area contributed by atoms with Gasteiger partial charge in [0.2, 0.25) is 0 Å². The predicted molar refractivity (Wildman–Crippen MR) is 91.0 cm³/mol. The molecule has 0 aromatic heterocycles. The first-order valence-electron chi connectivity index (χ1n) is 7.17. The fourth-order valence-corrected chi connectivity index (χ4v) is 3.92. The summed E-state index contributed by atoms with van der Waals surface area (Å²) in [4.78, 5) is 0.0379. The van der Waals surface area contributed by atoms with Gasteiger partial charge >= 0.3 is 0 Å². The van der Waals surface area contributed by atoms with E-state index in [1.54, 1.807) is 19.1 Å². The molecule has 0 radical (unpaired) electrons. The molecule has 0 atom stereocenters. The Morgan fingerprint density at radius 3 is 2.46 bits per heavy atom. The van der Waals surface area contributed by atoms with Gasteiger partial charge in [0.05, 0.1) is 17.8 Å². The Kier molecular flexibility index (Phi) is 4.47. The molecule has 0 fully saturated rings. The second kappa shape index (κ2) is 6.41. The summed E-state index contributed by atoms with van der Waals surface area (Å²) in [6, 6.07) is 7.95. The normalized spacial score (nSPS) is 13.5. The molecule has 24 heavy (non-hydrogen) atoms. The summed E-state index contributed by atoms with van der Waals surface area (Å²) < 4.78 is 44.0. The van der Waals surface area contributed by atoms with Gasteiger partial charge in [-0.1, -0.05) is 17.7 Å². The van der Waals surface area contributed by atoms with E-state index in [9.17, 15) is 8.42 Å². The molecule has 1 heterocycles. The topological polar surface area (TPSA) is 73.9 Å². The lowest BCUT2D eigenvalue weighted by Gasteiger charge is -2.20. The number of hydrogen-bond acceptors (Lipinski definition) is 5. The highest BCUT2D eigenvalue weighted by Crippen LogP contribution is 2.39. The molecule has 6 nitrogen and oxygen atoms in total. The fourth-order valence-electron chi connectivity index (χ4n) is 2.34. The summed E-state index contributed by atoms with van der Waals surface area (Å²) in [5.41, 5.74) is 1.01. The minimum Gasteiger partial charge on any atom is -0.495 e. The number of fused-ring (bicyclic) bond motifs is 1. The van der Waals surface area contributed by atoms with Crippen LogP contribution in [-0.2, 0) is 10.0 Å². The smallest absolute Gasteiger partial charge is 0.265 e. The Labute approximate surface area is 145 Å². The monoisotopic (exact) mass is 369 g/mol. The molecule has 0 spiro atoms. The van der Waals surface area contributed by atoms with Gasteiger partial charge < -0.3 is 14.2 Å². The summed E-state index contributed by atoms with van der Waals surface area (Å²) in [6.07, 6.45) is 0. The Balaban J connectivity index is 2.00. The minimum atomic E-state index is -3.88. The molecule has 0 unspecified atom stereocenters. The molecule has 0 aliphatic carbocycles. The second-order valence-corrected chi connectivity index (χ2v) is 7.29. The molecule has 3 rings (SSSR count). The molecule has 2 aromatic rings. The largest absolute Gasteiger partial charge is 0.495 e. The van der Waals surface area contributed by atoms with Crippen LogP contribution < -0.4 is 18.9 Å². The van der Waals surface area contributed by atoms with Crippen LogP contribution in [0.2, 0.25) is 5.02 Å². The molecule has 8 heteroatoms. The zero-order valence-corrected chi connectivity index (χ0v) is 14.7. The molecule has 1 aliphatic heterocycles. The molecular formula is C16H16ClNO5S. The highest BCUT2D eigenvalue weighted by Gasteiger charge is 2.23. The fraction of sp³-hybridized carbons (Fsp3) is 0.250. The summed E-state index contributed by atoms with van der Waals surface area (Å²) in [5.74, 6) is 1.18. The first-order chi connectivity index (χ1) is 11.4. The summed E-state index contributed by atoms with van der Waals surface area (Å²) in [5, 5.41) is 0.217. The molecule has 0 amide bonds. The summed E-state index contributed by atoms with van der Waals surface area (Å²) in [6.45, 7) is 2.62. The predicted octanol–water partition coefficient (Wildman–Crippen LogP) is 3.23. The zero-order chi connectivity index (χ0) is 17.3. The number of nitrogens with one attached hydrogen (secondary N) is 1. The first-order valence-corrected chi connectivity index (χ1v) is 9.03. The zero-order valence-electron chi connectivity index (χ0n) is 13.1. The average molecular weight is 370 g/mol. The SMILES string of the molecule is COc1ccc(C)cc1S(=O)(=O)Nc1cc2c(cc1Cl)OCCO2. The van der Waals surface area contributed by atoms with Crippen LogP contribution in [0.5, 0.6) is 17.2 Å². The summed E-state index contributed by atoms with van der Waals surface area (Å²) in [7, 11) is -2.47. The van der Waals surface area contributed by atoms with Crippen LogP contribution in [0, 0.1) is 6.92 Å². The number of methoxy groups -OCH3 is 1. The maximum atomic E-state index is 12.7. The van der Waals surface area contributed by atoms with Crippen LogP contribution >= 0.6 is 11.6 Å². The van der Waals surface area contributed by atoms with Gasteiger partial charge in [0.1, 0.15) is 23.9 Å². The van der Waals surface area contributed by atoms with Crippen molar-refractivity contribution in [1.29, 1.82) is 0 Å². The van der Waals surface area contributed by atoms with E-state index in [0.717, 1.165) is 5.56 Å². The van der Waals surface area contributed by atoms with Crippen molar-refractivity contribution >= 4 is 27.3 Å². The highest BCUT2D eigenvalue weighted by atomic mass is 35.5. The van der Waals surface area contributed by atoms with Gasteiger partial charge in [0.15, 0.2) is 11.5 Å². The number of anilines is 1. The van der Waals surface area contributed by atoms with Gasteiger partial charge in [-0.3, -0.25) is 4.72 Å². The van der Waals surface area contributed by atoms with E-state index in [-0.39, 0.29) is 21.4 Å². The first kappa shape index (κ1) is 16.7. The third-order valence-electron chi connectivity index (χ3n) is 3.48. The van der Waals surface area contributed by atoms with E-state index in [0.29, 0.717) is 24.7 Å². The van der Waals surface area contributed by atoms with Gasteiger partial charge in [-0.2, -0.15) is 0 Å². The standard InChI is InChI=1S/C16H16ClNO5S/c1-10-3-4-13(21-2)16(7-10)24(19,20)18-12-9-15-14(8-11(12)17)22-5-6-23-15/h3-4,7-9,18H,5-6H2,1-2H3. The maximum absolute atomic E-state index is 12.7. The number of halogens is 1. The lowest BCUT2D eigenvalue weighted by Crippen LogP contribution is -2.17. The molecule has 0 bridgehead atoms. The van der Waals surface area contributed by atoms with Crippen LogP contribution in [-0.4, -0.2) is 28.7 Å². The number of rotatable bonds is 4. The quantitative estimate of drug-likeness (QED) is 0.895. The van der Waals surface area contributed by atoms with Crippen molar-refractivity contribution in [2.75, 3.05) is 25.0 Å². The number of sulfonamides is 1. The van der Waals surface area contributed by atoms with E-state index in [2.05, 4.69) is 4.72 Å². The number of hydrogen-bond donors (Lipinski definition) is 1. The Hall–Kier alpha value is -2.12. The van der Waals surface area contributed by atoms with Gasteiger partial charge in [0.25, 0.3) is 10.0 Å². The van der Waals surface area contributed by atoms with Crippen LogP contribution in [0.3, 0.4) is 0 Å². The number of benzene rings is 2. The molecule has 0 saturated carbocycles. The Morgan fingerprint density at radius 2 is 1.79 bits per heavy atom. The van der Waals surface area contributed by atoms with Crippen LogP contribution in [0.25, 0.3) is 0 Å². The van der Waals surface area contributed by atoms with Crippen LogP contribution in [0.1, 0.15) is 5.56 Å². The average Bonchev–Trinajstić information content (AvgIpc) is 2.55. The van der Waals surface area contributed by atoms with Crippen molar-refractivity contribution in [1.82, 2.24) is 0 Å². The van der Waals surface area contributed by atoms with Crippen LogP contribution in [0.15, 0.2) is 35.2 Å². The molecule has 0 saturated heterocycles. The van der Waals surface area contributed by atoms with Crippen LogP contribution in [0.4, 0.5) is 5.69 Å². The maximum Gasteiger partial charge on any atom is 0.265 e. The third kappa shape index (κ3) is 3.22. The van der Waals surface area contributed by atoms with Crippen molar-refractivity contribution in [2.45, 2.75) is 11.8 Å². The van der Waals surface area contributed by atoms with Gasteiger partial charge in [-0.25, -0.2) is 8.42 Å². The van der Waals surface area contributed by atoms with Crippen molar-refractivity contribution < 1.29 is 22.6 Å². The van der Waals surface area contributed by atoms with Gasteiger partial charge in [0, 0.05) is 12.1 Å². The summed E-state index contributed by atoms with van der Waals surface area (Å²) >= 11 is 6.17. The van der Waals surface area contributed by atoms with Crippen molar-refractivity contribution in [3.8, 4) is 17.2 Å². The van der Waals surface area contributed by atoms with E-state index in [1.165, 1.54) is 25.3 Å². The molecular weight excluding hydrogens is 354 g/mol. The van der Waals surface area contributed by atoms with E-state index in [1.807, 2.05) is 0 Å². The van der Waals surface area contributed by atoms with E-state index < -0.39 is 10.0 Å². The number of aryl methyl sites for hydroxylation is 1. The second-order valence-electron chi connectivity index (χ2n) is 5.24. The molecule has 128 valence electrons. The Bertz CT molecular complexity index is 882. The van der Waals surface area contributed by atoms with E-state index >= 15 is 0 Å². The third-order valence-corrected chi connectivity index (χ3v) is 5.18. The minimum absolute atomic E-state index is 0.0379. The number of ether oxygens (including phenoxy) is 3. The van der Waals surface area contributed by atoms with Crippen molar-refractivity contribution in [3.63, 3.8) is 0 Å². The lowest BCUT2D eigenvalue weighted by atomic mass is 10.2. The van der Waals surface area contributed by atoms with Gasteiger partial charge in [-0.05, 0) is 24.6 Å². The lowest BCUT2D eigenvalue weighted by molar-refractivity contribution is 0.171. The highest BCUT2D eigenvalue weighted by molar-refractivity contribution is 7.92.